The van der Waals surface area contributed by atoms with E-state index in [1.165, 1.54) is 0 Å². The summed E-state index contributed by atoms with van der Waals surface area (Å²) in [5, 5.41) is 12.0. The first kappa shape index (κ1) is 11.9. The number of nitrogens with one attached hydrogen (secondary N) is 1. The van der Waals surface area contributed by atoms with Crippen molar-refractivity contribution < 1.29 is 4.74 Å². The van der Waals surface area contributed by atoms with E-state index in [0.29, 0.717) is 23.7 Å². The highest BCUT2D eigenvalue weighted by Crippen LogP contribution is 2.25. The third-order valence-electron chi connectivity index (χ3n) is 2.39. The summed E-state index contributed by atoms with van der Waals surface area (Å²) in [6.45, 7) is 0.503. The van der Waals surface area contributed by atoms with Crippen molar-refractivity contribution in [2.45, 2.75) is 6.54 Å². The summed E-state index contributed by atoms with van der Waals surface area (Å²) in [4.78, 5) is 8.23. The van der Waals surface area contributed by atoms with Crippen molar-refractivity contribution in [3.63, 3.8) is 0 Å². The zero-order valence-corrected chi connectivity index (χ0v) is 9.92. The topological polar surface area (TPSA) is 70.8 Å². The molecule has 0 bridgehead atoms. The second-order valence-electron chi connectivity index (χ2n) is 3.55. The molecule has 0 spiro atoms. The van der Waals surface area contributed by atoms with E-state index in [1.54, 1.807) is 43.8 Å². The van der Waals surface area contributed by atoms with E-state index >= 15 is 0 Å². The number of benzene rings is 1. The monoisotopic (exact) mass is 240 g/mol. The normalized spacial score (nSPS) is 9.56. The summed E-state index contributed by atoms with van der Waals surface area (Å²) in [5.41, 5.74) is 1.37. The molecule has 0 unspecified atom stereocenters. The molecular weight excluding hydrogens is 228 g/mol. The van der Waals surface area contributed by atoms with Gasteiger partial charge in [0.15, 0.2) is 0 Å². The van der Waals surface area contributed by atoms with E-state index in [4.69, 9.17) is 10.00 Å². The lowest BCUT2D eigenvalue weighted by molar-refractivity contribution is 0.416. The molecule has 2 rings (SSSR count). The van der Waals surface area contributed by atoms with Crippen LogP contribution >= 0.6 is 0 Å². The second-order valence-corrected chi connectivity index (χ2v) is 3.55. The Morgan fingerprint density at radius 3 is 2.78 bits per heavy atom. The Balaban J connectivity index is 2.12. The minimum atomic E-state index is 0.503. The molecule has 1 aromatic carbocycles. The Morgan fingerprint density at radius 2 is 2.11 bits per heavy atom. The molecule has 0 radical (unpaired) electrons. The lowest BCUT2D eigenvalue weighted by atomic mass is 10.2. The highest BCUT2D eigenvalue weighted by atomic mass is 16.5. The Morgan fingerprint density at radius 1 is 1.33 bits per heavy atom. The molecule has 0 amide bonds. The molecule has 90 valence electrons. The van der Waals surface area contributed by atoms with Crippen LogP contribution in [-0.4, -0.2) is 17.1 Å². The minimum absolute atomic E-state index is 0.503. The summed E-state index contributed by atoms with van der Waals surface area (Å²) >= 11 is 0. The molecule has 0 aliphatic carbocycles. The third-order valence-corrected chi connectivity index (χ3v) is 2.39. The van der Waals surface area contributed by atoms with Gasteiger partial charge in [0.05, 0.1) is 31.0 Å². The predicted octanol–water partition coefficient (Wildman–Crippen LogP) is 1.97. The fourth-order valence-electron chi connectivity index (χ4n) is 1.50. The Bertz CT molecular complexity index is 563. The number of aromatic nitrogens is 2. The van der Waals surface area contributed by atoms with Gasteiger partial charge in [0, 0.05) is 18.5 Å². The molecular formula is C13H12N4O. The largest absolute Gasteiger partial charge is 0.495 e. The molecule has 1 aromatic heterocycles. The van der Waals surface area contributed by atoms with Gasteiger partial charge in [0.1, 0.15) is 11.6 Å². The van der Waals surface area contributed by atoms with Crippen molar-refractivity contribution in [3.8, 4) is 11.8 Å². The number of hydrogen-bond acceptors (Lipinski definition) is 5. The molecule has 5 nitrogen and oxygen atoms in total. The van der Waals surface area contributed by atoms with Crippen LogP contribution in [0.2, 0.25) is 0 Å². The van der Waals surface area contributed by atoms with Gasteiger partial charge in [-0.1, -0.05) is 0 Å². The highest BCUT2D eigenvalue weighted by molar-refractivity contribution is 5.59. The standard InChI is InChI=1S/C13H12N4O/c1-18-12-7-10(8-14)3-4-11(12)17-9-13-15-5-2-6-16-13/h2-7,17H,9H2,1H3. The van der Waals surface area contributed by atoms with Gasteiger partial charge in [-0.3, -0.25) is 0 Å². The second kappa shape index (κ2) is 5.64. The van der Waals surface area contributed by atoms with Gasteiger partial charge >= 0.3 is 0 Å². The SMILES string of the molecule is COc1cc(C#N)ccc1NCc1ncccn1. The number of methoxy groups -OCH3 is 1. The zero-order valence-electron chi connectivity index (χ0n) is 9.92. The van der Waals surface area contributed by atoms with Crippen molar-refractivity contribution in [3.05, 3.63) is 48.0 Å². The van der Waals surface area contributed by atoms with Crippen LogP contribution in [0, 0.1) is 11.3 Å². The van der Waals surface area contributed by atoms with Crippen molar-refractivity contribution in [1.29, 1.82) is 5.26 Å². The number of nitrogens with zero attached hydrogens (tertiary/aromatic N) is 3. The maximum absolute atomic E-state index is 8.81. The van der Waals surface area contributed by atoms with Crippen LogP contribution < -0.4 is 10.1 Å². The van der Waals surface area contributed by atoms with Crippen LogP contribution in [0.4, 0.5) is 5.69 Å². The fourth-order valence-corrected chi connectivity index (χ4v) is 1.50. The molecule has 0 aliphatic rings. The molecule has 2 aromatic rings. The summed E-state index contributed by atoms with van der Waals surface area (Å²) in [6.07, 6.45) is 3.39. The Hall–Kier alpha value is -2.61. The molecule has 1 heterocycles. The molecule has 18 heavy (non-hydrogen) atoms. The number of ether oxygens (including phenoxy) is 1. The molecule has 0 saturated carbocycles. The van der Waals surface area contributed by atoms with Gasteiger partial charge in [-0.2, -0.15) is 5.26 Å². The number of anilines is 1. The Labute approximate surface area is 105 Å². The van der Waals surface area contributed by atoms with Gasteiger partial charge < -0.3 is 10.1 Å². The lowest BCUT2D eigenvalue weighted by Crippen LogP contribution is -2.04. The summed E-state index contributed by atoms with van der Waals surface area (Å²) < 4.78 is 5.22. The van der Waals surface area contributed by atoms with Gasteiger partial charge in [-0.05, 0) is 18.2 Å². The average Bonchev–Trinajstić information content (AvgIpc) is 2.46. The molecule has 0 aliphatic heterocycles. The van der Waals surface area contributed by atoms with Crippen molar-refractivity contribution in [2.75, 3.05) is 12.4 Å². The van der Waals surface area contributed by atoms with Crippen LogP contribution in [0.15, 0.2) is 36.7 Å². The first-order chi connectivity index (χ1) is 8.83. The van der Waals surface area contributed by atoms with E-state index in [1.807, 2.05) is 0 Å². The van der Waals surface area contributed by atoms with Crippen LogP contribution in [-0.2, 0) is 6.54 Å². The van der Waals surface area contributed by atoms with Crippen LogP contribution in [0.25, 0.3) is 0 Å². The third kappa shape index (κ3) is 2.74. The van der Waals surface area contributed by atoms with Crippen molar-refractivity contribution >= 4 is 5.69 Å². The summed E-state index contributed by atoms with van der Waals surface area (Å²) in [6, 6.07) is 9.07. The average molecular weight is 240 g/mol. The molecule has 0 atom stereocenters. The van der Waals surface area contributed by atoms with Gasteiger partial charge in [0.25, 0.3) is 0 Å². The summed E-state index contributed by atoms with van der Waals surface area (Å²) in [5.74, 6) is 1.33. The first-order valence-corrected chi connectivity index (χ1v) is 5.41. The lowest BCUT2D eigenvalue weighted by Gasteiger charge is -2.10. The van der Waals surface area contributed by atoms with E-state index in [0.717, 1.165) is 5.69 Å². The van der Waals surface area contributed by atoms with Gasteiger partial charge in [0.2, 0.25) is 0 Å². The fraction of sp³-hybridized carbons (Fsp3) is 0.154. The molecule has 0 saturated heterocycles. The van der Waals surface area contributed by atoms with Crippen molar-refractivity contribution in [2.24, 2.45) is 0 Å². The molecule has 5 heteroatoms. The quantitative estimate of drug-likeness (QED) is 0.884. The van der Waals surface area contributed by atoms with E-state index in [9.17, 15) is 0 Å². The molecule has 1 N–H and O–H groups in total. The van der Waals surface area contributed by atoms with Gasteiger partial charge in [-0.15, -0.1) is 0 Å². The Kier molecular flexibility index (Phi) is 3.72. The van der Waals surface area contributed by atoms with Crippen LogP contribution in [0.3, 0.4) is 0 Å². The predicted molar refractivity (Wildman–Crippen MR) is 67.1 cm³/mol. The summed E-state index contributed by atoms with van der Waals surface area (Å²) in [7, 11) is 1.57. The zero-order chi connectivity index (χ0) is 12.8. The van der Waals surface area contributed by atoms with Crippen molar-refractivity contribution in [1.82, 2.24) is 9.97 Å². The van der Waals surface area contributed by atoms with Crippen LogP contribution in [0.1, 0.15) is 11.4 Å². The smallest absolute Gasteiger partial charge is 0.147 e. The van der Waals surface area contributed by atoms with E-state index in [2.05, 4.69) is 21.4 Å². The number of nitriles is 1. The van der Waals surface area contributed by atoms with E-state index < -0.39 is 0 Å². The van der Waals surface area contributed by atoms with E-state index in [-0.39, 0.29) is 0 Å². The molecule has 0 fully saturated rings. The first-order valence-electron chi connectivity index (χ1n) is 5.41. The maximum atomic E-state index is 8.81. The number of hydrogen-bond donors (Lipinski definition) is 1. The number of rotatable bonds is 4. The van der Waals surface area contributed by atoms with Gasteiger partial charge in [-0.25, -0.2) is 9.97 Å². The maximum Gasteiger partial charge on any atom is 0.147 e. The van der Waals surface area contributed by atoms with Crippen LogP contribution in [0.5, 0.6) is 5.75 Å². The minimum Gasteiger partial charge on any atom is -0.495 e. The highest BCUT2D eigenvalue weighted by Gasteiger charge is 2.04.